The summed E-state index contributed by atoms with van der Waals surface area (Å²) in [6.07, 6.45) is 0.679. The van der Waals surface area contributed by atoms with E-state index >= 15 is 0 Å². The van der Waals surface area contributed by atoms with Crippen molar-refractivity contribution in [2.75, 3.05) is 6.54 Å². The van der Waals surface area contributed by atoms with Gasteiger partial charge >= 0.3 is 12.1 Å². The van der Waals surface area contributed by atoms with Gasteiger partial charge in [-0.1, -0.05) is 19.0 Å². The lowest BCUT2D eigenvalue weighted by Gasteiger charge is -2.25. The molecular formula is C17H31N3O6. The van der Waals surface area contributed by atoms with E-state index in [9.17, 15) is 24.4 Å². The van der Waals surface area contributed by atoms with E-state index in [0.29, 0.717) is 19.3 Å². The average molecular weight is 373 g/mol. The number of rotatable bonds is 11. The number of nitrogens with one attached hydrogen (secondary N) is 2. The van der Waals surface area contributed by atoms with Gasteiger partial charge in [0.2, 0.25) is 5.91 Å². The second-order valence-corrected chi connectivity index (χ2v) is 7.58. The molecule has 0 heterocycles. The number of unbranched alkanes of at least 4 members (excludes halogenated alkanes) is 1. The smallest absolute Gasteiger partial charge is 0.408 e. The minimum absolute atomic E-state index is 0.0997. The average Bonchev–Trinajstić information content (AvgIpc) is 2.46. The summed E-state index contributed by atoms with van der Waals surface area (Å²) in [5, 5.41) is 16.9. The molecule has 0 radical (unpaired) electrons. The maximum absolute atomic E-state index is 12.5. The Morgan fingerprint density at radius 3 is 2.15 bits per heavy atom. The minimum atomic E-state index is -1.17. The maximum Gasteiger partial charge on any atom is 0.408 e. The number of carbonyl (C=O) groups excluding carboxylic acids is 2. The van der Waals surface area contributed by atoms with Gasteiger partial charge in [-0.3, -0.25) is 4.79 Å². The number of amides is 2. The van der Waals surface area contributed by atoms with Crippen LogP contribution in [0, 0.1) is 10.8 Å². The molecule has 0 aromatic carbocycles. The summed E-state index contributed by atoms with van der Waals surface area (Å²) in [4.78, 5) is 45.8. The van der Waals surface area contributed by atoms with Gasteiger partial charge in [-0.25, -0.2) is 9.59 Å². The Balaban J connectivity index is 4.88. The van der Waals surface area contributed by atoms with Crippen LogP contribution in [-0.2, 0) is 14.3 Å². The molecule has 0 saturated heterocycles. The van der Waals surface area contributed by atoms with E-state index in [-0.39, 0.29) is 18.9 Å². The SMILES string of the molecule is CC(C)C[C@H](NC(=O)OC(C)(C)C)C(=O)N[C@H](CCCCN=O)C(=O)O. The Labute approximate surface area is 154 Å². The summed E-state index contributed by atoms with van der Waals surface area (Å²) in [6, 6.07) is -1.99. The molecule has 0 bridgehead atoms. The van der Waals surface area contributed by atoms with Crippen molar-refractivity contribution >= 4 is 18.0 Å². The van der Waals surface area contributed by atoms with Crippen molar-refractivity contribution in [2.24, 2.45) is 11.1 Å². The summed E-state index contributed by atoms with van der Waals surface area (Å²) in [7, 11) is 0. The van der Waals surface area contributed by atoms with Crippen molar-refractivity contribution in [3.8, 4) is 0 Å². The number of aliphatic carboxylic acids is 1. The Kier molecular flexibility index (Phi) is 10.5. The Morgan fingerprint density at radius 2 is 1.69 bits per heavy atom. The summed E-state index contributed by atoms with van der Waals surface area (Å²) in [5.74, 6) is -1.65. The highest BCUT2D eigenvalue weighted by molar-refractivity contribution is 5.89. The van der Waals surface area contributed by atoms with Crippen LogP contribution >= 0.6 is 0 Å². The number of nitrogens with zero attached hydrogens (tertiary/aromatic N) is 1. The first kappa shape index (κ1) is 23.8. The fourth-order valence-corrected chi connectivity index (χ4v) is 2.21. The van der Waals surface area contributed by atoms with E-state index in [1.54, 1.807) is 20.8 Å². The summed E-state index contributed by atoms with van der Waals surface area (Å²) < 4.78 is 5.16. The van der Waals surface area contributed by atoms with E-state index in [4.69, 9.17) is 4.74 Å². The number of carbonyl (C=O) groups is 3. The van der Waals surface area contributed by atoms with Crippen LogP contribution < -0.4 is 10.6 Å². The van der Waals surface area contributed by atoms with Gasteiger partial charge in [-0.15, -0.1) is 0 Å². The molecule has 26 heavy (non-hydrogen) atoms. The van der Waals surface area contributed by atoms with Crippen molar-refractivity contribution < 1.29 is 24.2 Å². The lowest BCUT2D eigenvalue weighted by molar-refractivity contribution is -0.142. The number of alkyl carbamates (subject to hydrolysis) is 1. The van der Waals surface area contributed by atoms with Crippen molar-refractivity contribution in [1.29, 1.82) is 0 Å². The summed E-state index contributed by atoms with van der Waals surface area (Å²) in [6.45, 7) is 9.00. The number of ether oxygens (including phenoxy) is 1. The van der Waals surface area contributed by atoms with Gasteiger partial charge in [-0.05, 0) is 52.4 Å². The molecule has 0 spiro atoms. The quantitative estimate of drug-likeness (QED) is 0.376. The number of hydrogen-bond acceptors (Lipinski definition) is 6. The topological polar surface area (TPSA) is 134 Å². The first-order chi connectivity index (χ1) is 12.0. The molecule has 0 aromatic rings. The molecule has 0 aliphatic rings. The molecule has 9 heteroatoms. The highest BCUT2D eigenvalue weighted by Crippen LogP contribution is 2.10. The predicted molar refractivity (Wildman–Crippen MR) is 96.7 cm³/mol. The van der Waals surface area contributed by atoms with Crippen LogP contribution in [0.1, 0.15) is 60.3 Å². The van der Waals surface area contributed by atoms with E-state index in [0.717, 1.165) is 0 Å². The van der Waals surface area contributed by atoms with Crippen LogP contribution in [0.2, 0.25) is 0 Å². The predicted octanol–water partition coefficient (Wildman–Crippen LogP) is 2.43. The second kappa shape index (κ2) is 11.4. The van der Waals surface area contributed by atoms with Gasteiger partial charge in [-0.2, -0.15) is 4.91 Å². The molecule has 0 aliphatic heterocycles. The largest absolute Gasteiger partial charge is 0.480 e. The zero-order valence-electron chi connectivity index (χ0n) is 16.2. The zero-order valence-corrected chi connectivity index (χ0v) is 16.2. The minimum Gasteiger partial charge on any atom is -0.480 e. The summed E-state index contributed by atoms with van der Waals surface area (Å²) in [5.41, 5.74) is -0.709. The molecule has 3 N–H and O–H groups in total. The highest BCUT2D eigenvalue weighted by atomic mass is 16.6. The van der Waals surface area contributed by atoms with Crippen LogP contribution in [0.15, 0.2) is 5.18 Å². The molecule has 0 unspecified atom stereocenters. The van der Waals surface area contributed by atoms with Crippen LogP contribution in [0.4, 0.5) is 4.79 Å². The Hall–Kier alpha value is -2.19. The third kappa shape index (κ3) is 11.4. The molecule has 2 amide bonds. The molecule has 0 fully saturated rings. The fourth-order valence-electron chi connectivity index (χ4n) is 2.21. The third-order valence-electron chi connectivity index (χ3n) is 3.32. The number of nitroso groups, excluding NO2 is 1. The van der Waals surface area contributed by atoms with Crippen molar-refractivity contribution in [3.63, 3.8) is 0 Å². The van der Waals surface area contributed by atoms with E-state index in [1.807, 2.05) is 13.8 Å². The van der Waals surface area contributed by atoms with E-state index in [2.05, 4.69) is 15.8 Å². The van der Waals surface area contributed by atoms with E-state index < -0.39 is 35.7 Å². The second-order valence-electron chi connectivity index (χ2n) is 7.58. The third-order valence-corrected chi connectivity index (χ3v) is 3.32. The monoisotopic (exact) mass is 373 g/mol. The fraction of sp³-hybridized carbons (Fsp3) is 0.824. The van der Waals surface area contributed by atoms with Crippen molar-refractivity contribution in [3.05, 3.63) is 4.91 Å². The van der Waals surface area contributed by atoms with Crippen LogP contribution in [0.5, 0.6) is 0 Å². The lowest BCUT2D eigenvalue weighted by Crippen LogP contribution is -2.52. The molecule has 0 aromatic heterocycles. The summed E-state index contributed by atoms with van der Waals surface area (Å²) >= 11 is 0. The molecule has 0 saturated carbocycles. The molecule has 9 nitrogen and oxygen atoms in total. The molecule has 0 rings (SSSR count). The van der Waals surface area contributed by atoms with Crippen LogP contribution in [0.25, 0.3) is 0 Å². The molecule has 0 aliphatic carbocycles. The van der Waals surface area contributed by atoms with Gasteiger partial charge in [0.15, 0.2) is 0 Å². The lowest BCUT2D eigenvalue weighted by atomic mass is 10.0. The van der Waals surface area contributed by atoms with Crippen molar-refractivity contribution in [1.82, 2.24) is 10.6 Å². The van der Waals surface area contributed by atoms with Gasteiger partial charge in [0.25, 0.3) is 0 Å². The van der Waals surface area contributed by atoms with Gasteiger partial charge < -0.3 is 20.5 Å². The molecule has 150 valence electrons. The van der Waals surface area contributed by atoms with Gasteiger partial charge in [0.05, 0.1) is 6.54 Å². The first-order valence-corrected chi connectivity index (χ1v) is 8.78. The molecular weight excluding hydrogens is 342 g/mol. The van der Waals surface area contributed by atoms with Gasteiger partial charge in [0.1, 0.15) is 17.7 Å². The van der Waals surface area contributed by atoms with Crippen molar-refractivity contribution in [2.45, 2.75) is 78.0 Å². The Bertz CT molecular complexity index is 487. The first-order valence-electron chi connectivity index (χ1n) is 8.78. The Morgan fingerprint density at radius 1 is 1.08 bits per heavy atom. The number of carboxylic acid groups (broad SMARTS) is 1. The number of hydrogen-bond donors (Lipinski definition) is 3. The zero-order chi connectivity index (χ0) is 20.3. The normalized spacial score (nSPS) is 13.6. The van der Waals surface area contributed by atoms with E-state index in [1.165, 1.54) is 0 Å². The number of carboxylic acids is 1. The van der Waals surface area contributed by atoms with Crippen LogP contribution in [-0.4, -0.2) is 47.3 Å². The van der Waals surface area contributed by atoms with Gasteiger partial charge in [0, 0.05) is 0 Å². The standard InChI is InChI=1S/C17H31N3O6/c1-11(2)10-13(20-16(24)26-17(3,4)5)14(21)19-12(15(22)23)8-6-7-9-18-25/h11-13H,6-10H2,1-5H3,(H,19,21)(H,20,24)(H,22,23)/t12-,13+/m1/s1. The molecule has 2 atom stereocenters. The maximum atomic E-state index is 12.5. The highest BCUT2D eigenvalue weighted by Gasteiger charge is 2.28. The van der Waals surface area contributed by atoms with Crippen LogP contribution in [0.3, 0.4) is 0 Å².